The van der Waals surface area contributed by atoms with Crippen molar-refractivity contribution in [2.45, 2.75) is 47.5 Å². The number of nitrogens with zero attached hydrogens (tertiary/aromatic N) is 3. The molecule has 2 aromatic carbocycles. The summed E-state index contributed by atoms with van der Waals surface area (Å²) in [6, 6.07) is 10.2. The van der Waals surface area contributed by atoms with Crippen molar-refractivity contribution >= 4 is 35.5 Å². The summed E-state index contributed by atoms with van der Waals surface area (Å²) < 4.78 is 56.6. The third-order valence-corrected chi connectivity index (χ3v) is 5.88. The van der Waals surface area contributed by atoms with Gasteiger partial charge in [-0.1, -0.05) is 31.7 Å². The van der Waals surface area contributed by atoms with E-state index in [0.29, 0.717) is 0 Å². The number of carbonyl (C=O) groups is 1. The number of ether oxygens (including phenoxy) is 1. The van der Waals surface area contributed by atoms with Crippen molar-refractivity contribution in [2.24, 2.45) is 15.4 Å². The highest BCUT2D eigenvalue weighted by Gasteiger charge is 2.44. The van der Waals surface area contributed by atoms with Gasteiger partial charge in [-0.15, -0.1) is 0 Å². The lowest BCUT2D eigenvalue weighted by Gasteiger charge is -2.44. The molecule has 39 heavy (non-hydrogen) atoms. The van der Waals surface area contributed by atoms with Crippen molar-refractivity contribution in [3.05, 3.63) is 77.4 Å². The Morgan fingerprint density at radius 3 is 2.13 bits per heavy atom. The van der Waals surface area contributed by atoms with Crippen molar-refractivity contribution in [3.63, 3.8) is 0 Å². The quantitative estimate of drug-likeness (QED) is 0.123. The van der Waals surface area contributed by atoms with Gasteiger partial charge in [-0.25, -0.2) is 8.78 Å². The molecule has 0 unspecified atom stereocenters. The molecule has 1 fully saturated rings. The normalized spacial score (nSPS) is 14.5. The highest BCUT2D eigenvalue weighted by Crippen LogP contribution is 2.35. The van der Waals surface area contributed by atoms with Crippen LogP contribution in [-0.2, 0) is 16.0 Å². The molecular formula is C30H37F4N3O2. The van der Waals surface area contributed by atoms with Crippen molar-refractivity contribution in [3.8, 4) is 0 Å². The summed E-state index contributed by atoms with van der Waals surface area (Å²) in [6.45, 7) is 17.0. The molecule has 0 radical (unpaired) electrons. The van der Waals surface area contributed by atoms with Gasteiger partial charge in [0.2, 0.25) is 5.91 Å². The fourth-order valence-corrected chi connectivity index (χ4v) is 3.58. The van der Waals surface area contributed by atoms with E-state index in [4.69, 9.17) is 4.74 Å². The first-order chi connectivity index (χ1) is 18.3. The highest BCUT2D eigenvalue weighted by molar-refractivity contribution is 6.04. The fraction of sp³-hybridized carbons (Fsp3) is 0.367. The van der Waals surface area contributed by atoms with Crippen molar-refractivity contribution in [1.29, 1.82) is 0 Å². The third kappa shape index (κ3) is 8.90. The van der Waals surface area contributed by atoms with Crippen LogP contribution in [0.15, 0.2) is 59.0 Å². The van der Waals surface area contributed by atoms with E-state index in [1.165, 1.54) is 11.1 Å². The van der Waals surface area contributed by atoms with Crippen LogP contribution in [0.3, 0.4) is 0 Å². The highest BCUT2D eigenvalue weighted by atomic mass is 19.3. The standard InChI is InChI=1S/C15H19NO.C13H13F4NO.C2H5N/c1-5-11(2)12-7-6-8-13(9-12)16-10-15(3,4)14(16)17;1-4-9-10(14)5-8(6-11(9)15)7(2)19-13(18-3)12(16)17;1-3-2/h5-9H,10H2,1-4H3;5-6,12H,2,4H2,1,3H3;1H2,2H3/b11-5+;;. The van der Waals surface area contributed by atoms with Gasteiger partial charge >= 0.3 is 6.43 Å². The van der Waals surface area contributed by atoms with Gasteiger partial charge in [-0.2, -0.15) is 8.78 Å². The van der Waals surface area contributed by atoms with E-state index < -0.39 is 24.0 Å². The molecule has 1 heterocycles. The first kappa shape index (κ1) is 33.3. The van der Waals surface area contributed by atoms with Gasteiger partial charge in [-0.05, 0) is 76.2 Å². The topological polar surface area (TPSA) is 54.3 Å². The Labute approximate surface area is 228 Å². The van der Waals surface area contributed by atoms with Gasteiger partial charge < -0.3 is 14.6 Å². The molecule has 0 saturated carbocycles. The van der Waals surface area contributed by atoms with Crippen molar-refractivity contribution < 1.29 is 27.1 Å². The second-order valence-corrected chi connectivity index (χ2v) is 9.27. The summed E-state index contributed by atoms with van der Waals surface area (Å²) in [6.07, 6.45) is -0.656. The van der Waals surface area contributed by atoms with Crippen LogP contribution >= 0.6 is 0 Å². The molecule has 212 valence electrons. The number of aliphatic imine (C=N–C) groups is 2. The number of alkyl halides is 2. The molecule has 0 aliphatic carbocycles. The molecule has 0 N–H and O–H groups in total. The average molecular weight is 548 g/mol. The van der Waals surface area contributed by atoms with Crippen LogP contribution in [0.1, 0.15) is 51.3 Å². The number of anilines is 1. The molecule has 0 bridgehead atoms. The number of carbonyl (C=O) groups excluding carboxylic acids is 1. The Hall–Kier alpha value is -3.75. The molecule has 5 nitrogen and oxygen atoms in total. The molecule has 0 spiro atoms. The van der Waals surface area contributed by atoms with Gasteiger partial charge in [-0.3, -0.25) is 9.79 Å². The third-order valence-electron chi connectivity index (χ3n) is 5.88. The van der Waals surface area contributed by atoms with Crippen LogP contribution in [0.2, 0.25) is 0 Å². The summed E-state index contributed by atoms with van der Waals surface area (Å²) in [5.74, 6) is -2.47. The maximum absolute atomic E-state index is 13.5. The van der Waals surface area contributed by atoms with Crippen LogP contribution in [0, 0.1) is 17.0 Å². The summed E-state index contributed by atoms with van der Waals surface area (Å²) in [4.78, 5) is 20.3. The minimum absolute atomic E-state index is 0.0472. The predicted molar refractivity (Wildman–Crippen MR) is 153 cm³/mol. The molecule has 0 atom stereocenters. The van der Waals surface area contributed by atoms with Crippen molar-refractivity contribution in [1.82, 2.24) is 0 Å². The lowest BCUT2D eigenvalue weighted by molar-refractivity contribution is -0.132. The summed E-state index contributed by atoms with van der Waals surface area (Å²) in [5, 5.41) is 0. The number of halogens is 4. The Morgan fingerprint density at radius 1 is 1.15 bits per heavy atom. The van der Waals surface area contributed by atoms with E-state index in [0.717, 1.165) is 31.4 Å². The fourth-order valence-electron chi connectivity index (χ4n) is 3.58. The summed E-state index contributed by atoms with van der Waals surface area (Å²) >= 11 is 0. The van der Waals surface area contributed by atoms with E-state index in [-0.39, 0.29) is 34.6 Å². The maximum atomic E-state index is 13.5. The number of benzene rings is 2. The second kappa shape index (κ2) is 15.0. The molecule has 1 amide bonds. The largest absolute Gasteiger partial charge is 0.438 e. The molecule has 2 aromatic rings. The molecular weight excluding hydrogens is 510 g/mol. The van der Waals surface area contributed by atoms with Crippen LogP contribution < -0.4 is 4.90 Å². The van der Waals surface area contributed by atoms with E-state index in [2.05, 4.69) is 48.4 Å². The average Bonchev–Trinajstić information content (AvgIpc) is 2.90. The second-order valence-electron chi connectivity index (χ2n) is 9.27. The van der Waals surface area contributed by atoms with Gasteiger partial charge in [0, 0.05) is 37.5 Å². The maximum Gasteiger partial charge on any atom is 0.312 e. The zero-order valence-corrected chi connectivity index (χ0v) is 23.6. The Balaban J connectivity index is 0.000000356. The molecule has 3 rings (SSSR count). The number of hydrogen-bond donors (Lipinski definition) is 0. The number of β-lactam (4-membered cyclic amide) rings is 1. The smallest absolute Gasteiger partial charge is 0.312 e. The van der Waals surface area contributed by atoms with E-state index in [9.17, 15) is 22.4 Å². The molecule has 1 saturated heterocycles. The van der Waals surface area contributed by atoms with E-state index in [1.807, 2.05) is 37.8 Å². The van der Waals surface area contributed by atoms with Gasteiger partial charge in [0.15, 0.2) is 0 Å². The van der Waals surface area contributed by atoms with Crippen LogP contribution in [0.5, 0.6) is 0 Å². The monoisotopic (exact) mass is 547 g/mol. The number of amides is 1. The number of allylic oxidation sites excluding steroid dienone is 2. The van der Waals surface area contributed by atoms with Crippen LogP contribution in [0.25, 0.3) is 11.3 Å². The Morgan fingerprint density at radius 2 is 1.72 bits per heavy atom. The van der Waals surface area contributed by atoms with Gasteiger partial charge in [0.1, 0.15) is 17.4 Å². The van der Waals surface area contributed by atoms with E-state index in [1.54, 1.807) is 14.0 Å². The molecule has 9 heteroatoms. The number of hydrogen-bond acceptors (Lipinski definition) is 4. The van der Waals surface area contributed by atoms with Gasteiger partial charge in [0.25, 0.3) is 5.90 Å². The molecule has 0 aromatic heterocycles. The lowest BCUT2D eigenvalue weighted by atomic mass is 9.82. The van der Waals surface area contributed by atoms with Crippen LogP contribution in [0.4, 0.5) is 23.2 Å². The molecule has 1 aliphatic heterocycles. The zero-order valence-electron chi connectivity index (χ0n) is 23.6. The van der Waals surface area contributed by atoms with Crippen LogP contribution in [-0.4, -0.2) is 45.6 Å². The van der Waals surface area contributed by atoms with Gasteiger partial charge in [0.05, 0.1) is 5.41 Å². The predicted octanol–water partition coefficient (Wildman–Crippen LogP) is 7.61. The van der Waals surface area contributed by atoms with E-state index >= 15 is 0 Å². The Bertz CT molecular complexity index is 1210. The Kier molecular flexibility index (Phi) is 12.8. The van der Waals surface area contributed by atoms with Crippen molar-refractivity contribution in [2.75, 3.05) is 25.5 Å². The SMILES string of the molecule is C/C=C(\C)c1cccc(N2CC(C)(C)C2=O)c1.C=C(OC(=NC)C(F)F)c1cc(F)c(CC)c(F)c1.C=NC. The summed E-state index contributed by atoms with van der Waals surface area (Å²) in [7, 11) is 2.76. The minimum atomic E-state index is -2.92. The molecule has 1 aliphatic rings. The number of rotatable bonds is 6. The zero-order chi connectivity index (χ0) is 29.9. The summed E-state index contributed by atoms with van der Waals surface area (Å²) in [5.41, 5.74) is 3.12. The first-order valence-electron chi connectivity index (χ1n) is 12.3. The first-order valence-corrected chi connectivity index (χ1v) is 12.3. The minimum Gasteiger partial charge on any atom is -0.438 e. The lowest BCUT2D eigenvalue weighted by Crippen LogP contribution is -2.58.